The van der Waals surface area contributed by atoms with Crippen molar-refractivity contribution in [1.29, 1.82) is 0 Å². The van der Waals surface area contributed by atoms with Gasteiger partial charge in [-0.2, -0.15) is 0 Å². The molecule has 1 amide bonds. The first-order valence-electron chi connectivity index (χ1n) is 7.51. The normalized spacial score (nSPS) is 27.2. The van der Waals surface area contributed by atoms with E-state index in [1.54, 1.807) is 0 Å². The van der Waals surface area contributed by atoms with Gasteiger partial charge in [0.05, 0.1) is 0 Å². The number of carbonyl (C=O) groups is 1. The number of H-pyrrole nitrogens is 1. The van der Waals surface area contributed by atoms with E-state index in [1.165, 1.54) is 0 Å². The van der Waals surface area contributed by atoms with Gasteiger partial charge in [0, 0.05) is 31.1 Å². The molecule has 1 aromatic rings. The molecular weight excluding hydrogens is 254 g/mol. The van der Waals surface area contributed by atoms with Crippen molar-refractivity contribution < 1.29 is 4.79 Å². The molecule has 0 radical (unpaired) electrons. The van der Waals surface area contributed by atoms with Crippen LogP contribution in [0.3, 0.4) is 0 Å². The van der Waals surface area contributed by atoms with E-state index in [2.05, 4.69) is 46.2 Å². The summed E-state index contributed by atoms with van der Waals surface area (Å²) in [6, 6.07) is 0.706. The third kappa shape index (κ3) is 2.70. The zero-order valence-electron chi connectivity index (χ0n) is 12.4. The summed E-state index contributed by atoms with van der Waals surface area (Å²) in [5.41, 5.74) is 0. The first kappa shape index (κ1) is 13.5. The SMILES string of the molecule is CC(C)N1C[C@H](C)[C@H](NC(=O)c2n[nH]c(C3CC3)n2)C1. The molecule has 110 valence electrons. The Balaban J connectivity index is 1.60. The molecule has 2 heterocycles. The van der Waals surface area contributed by atoms with Crippen molar-refractivity contribution in [2.45, 2.75) is 51.6 Å². The van der Waals surface area contributed by atoms with Gasteiger partial charge in [-0.3, -0.25) is 14.8 Å². The molecule has 1 aromatic heterocycles. The number of hydrogen-bond acceptors (Lipinski definition) is 4. The highest BCUT2D eigenvalue weighted by Crippen LogP contribution is 2.37. The minimum atomic E-state index is -0.157. The van der Waals surface area contributed by atoms with Crippen LogP contribution in [0.2, 0.25) is 0 Å². The Morgan fingerprint density at radius 1 is 1.40 bits per heavy atom. The maximum Gasteiger partial charge on any atom is 0.291 e. The molecule has 0 unspecified atom stereocenters. The highest BCUT2D eigenvalue weighted by Gasteiger charge is 2.33. The minimum Gasteiger partial charge on any atom is -0.345 e. The van der Waals surface area contributed by atoms with Gasteiger partial charge in [0.1, 0.15) is 5.82 Å². The Bertz CT molecular complexity index is 494. The van der Waals surface area contributed by atoms with Crippen LogP contribution >= 0.6 is 0 Å². The van der Waals surface area contributed by atoms with Gasteiger partial charge in [-0.1, -0.05) is 6.92 Å². The topological polar surface area (TPSA) is 73.9 Å². The van der Waals surface area contributed by atoms with E-state index in [1.807, 2.05) is 0 Å². The molecule has 1 aliphatic carbocycles. The third-order valence-corrected chi connectivity index (χ3v) is 4.36. The van der Waals surface area contributed by atoms with Gasteiger partial charge in [-0.05, 0) is 32.6 Å². The number of nitrogens with one attached hydrogen (secondary N) is 2. The van der Waals surface area contributed by atoms with E-state index in [0.29, 0.717) is 17.9 Å². The van der Waals surface area contributed by atoms with E-state index in [0.717, 1.165) is 31.8 Å². The Labute approximate surface area is 119 Å². The predicted octanol–water partition coefficient (Wildman–Crippen LogP) is 1.14. The van der Waals surface area contributed by atoms with Crippen molar-refractivity contribution in [3.63, 3.8) is 0 Å². The summed E-state index contributed by atoms with van der Waals surface area (Å²) in [6.07, 6.45) is 2.30. The largest absolute Gasteiger partial charge is 0.345 e. The van der Waals surface area contributed by atoms with Crippen LogP contribution in [0.4, 0.5) is 0 Å². The zero-order valence-corrected chi connectivity index (χ0v) is 12.4. The van der Waals surface area contributed by atoms with Crippen molar-refractivity contribution in [1.82, 2.24) is 25.4 Å². The van der Waals surface area contributed by atoms with Crippen LogP contribution in [0.25, 0.3) is 0 Å². The van der Waals surface area contributed by atoms with Gasteiger partial charge >= 0.3 is 0 Å². The highest BCUT2D eigenvalue weighted by molar-refractivity contribution is 5.90. The molecule has 6 nitrogen and oxygen atoms in total. The summed E-state index contributed by atoms with van der Waals surface area (Å²) in [5.74, 6) is 1.94. The molecule has 3 rings (SSSR count). The van der Waals surface area contributed by atoms with E-state index in [9.17, 15) is 4.79 Å². The summed E-state index contributed by atoms with van der Waals surface area (Å²) in [5, 5.41) is 9.99. The van der Waals surface area contributed by atoms with Crippen molar-refractivity contribution in [2.75, 3.05) is 13.1 Å². The van der Waals surface area contributed by atoms with Crippen LogP contribution in [-0.2, 0) is 0 Å². The molecule has 1 saturated heterocycles. The number of aromatic amines is 1. The zero-order chi connectivity index (χ0) is 14.3. The fourth-order valence-electron chi connectivity index (χ4n) is 2.76. The molecule has 2 aliphatic rings. The molecule has 2 atom stereocenters. The van der Waals surface area contributed by atoms with Gasteiger partial charge in [0.25, 0.3) is 5.91 Å². The van der Waals surface area contributed by atoms with Crippen molar-refractivity contribution in [3.8, 4) is 0 Å². The maximum atomic E-state index is 12.2. The predicted molar refractivity (Wildman–Crippen MR) is 75.5 cm³/mol. The van der Waals surface area contributed by atoms with Crippen LogP contribution in [0.1, 0.15) is 56.0 Å². The van der Waals surface area contributed by atoms with Gasteiger partial charge in [0.2, 0.25) is 5.82 Å². The molecule has 20 heavy (non-hydrogen) atoms. The summed E-state index contributed by atoms with van der Waals surface area (Å²) < 4.78 is 0. The van der Waals surface area contributed by atoms with Gasteiger partial charge in [0.15, 0.2) is 0 Å². The smallest absolute Gasteiger partial charge is 0.291 e. The lowest BCUT2D eigenvalue weighted by atomic mass is 10.1. The molecule has 1 aliphatic heterocycles. The Hall–Kier alpha value is -1.43. The Kier molecular flexibility index (Phi) is 3.50. The second kappa shape index (κ2) is 5.16. The fraction of sp³-hybridized carbons (Fsp3) is 0.786. The minimum absolute atomic E-state index is 0.157. The monoisotopic (exact) mass is 277 g/mol. The van der Waals surface area contributed by atoms with E-state index < -0.39 is 0 Å². The van der Waals surface area contributed by atoms with Crippen LogP contribution in [-0.4, -0.2) is 51.2 Å². The number of likely N-dealkylation sites (tertiary alicyclic amines) is 1. The third-order valence-electron chi connectivity index (χ3n) is 4.36. The molecular formula is C14H23N5O. The average molecular weight is 277 g/mol. The van der Waals surface area contributed by atoms with E-state index in [-0.39, 0.29) is 17.8 Å². The first-order chi connectivity index (χ1) is 9.54. The average Bonchev–Trinajstić information content (AvgIpc) is 3.01. The van der Waals surface area contributed by atoms with E-state index in [4.69, 9.17) is 0 Å². The molecule has 0 aromatic carbocycles. The van der Waals surface area contributed by atoms with Gasteiger partial charge < -0.3 is 5.32 Å². The summed E-state index contributed by atoms with van der Waals surface area (Å²) in [6.45, 7) is 8.50. The number of rotatable bonds is 4. The second-order valence-electron chi connectivity index (χ2n) is 6.42. The number of carbonyl (C=O) groups excluding carboxylic acids is 1. The van der Waals surface area contributed by atoms with Crippen LogP contribution in [0.5, 0.6) is 0 Å². The van der Waals surface area contributed by atoms with E-state index >= 15 is 0 Å². The Morgan fingerprint density at radius 3 is 2.75 bits per heavy atom. The second-order valence-corrected chi connectivity index (χ2v) is 6.42. The summed E-state index contributed by atoms with van der Waals surface area (Å²) >= 11 is 0. The first-order valence-corrected chi connectivity index (χ1v) is 7.51. The molecule has 1 saturated carbocycles. The van der Waals surface area contributed by atoms with Gasteiger partial charge in [-0.25, -0.2) is 4.98 Å². The number of hydrogen-bond donors (Lipinski definition) is 2. The highest BCUT2D eigenvalue weighted by atomic mass is 16.2. The van der Waals surface area contributed by atoms with Crippen molar-refractivity contribution >= 4 is 5.91 Å². The van der Waals surface area contributed by atoms with Crippen molar-refractivity contribution in [3.05, 3.63) is 11.6 Å². The van der Waals surface area contributed by atoms with Crippen LogP contribution in [0.15, 0.2) is 0 Å². The fourth-order valence-corrected chi connectivity index (χ4v) is 2.76. The quantitative estimate of drug-likeness (QED) is 0.865. The lowest BCUT2D eigenvalue weighted by molar-refractivity contribution is 0.0920. The lowest BCUT2D eigenvalue weighted by Crippen LogP contribution is -2.41. The molecule has 6 heteroatoms. The molecule has 2 N–H and O–H groups in total. The Morgan fingerprint density at radius 2 is 2.15 bits per heavy atom. The lowest BCUT2D eigenvalue weighted by Gasteiger charge is -2.20. The van der Waals surface area contributed by atoms with Crippen LogP contribution in [0, 0.1) is 5.92 Å². The van der Waals surface area contributed by atoms with Crippen LogP contribution < -0.4 is 5.32 Å². The number of amides is 1. The summed E-state index contributed by atoms with van der Waals surface area (Å²) in [7, 11) is 0. The standard InChI is InChI=1S/C14H23N5O/c1-8(2)19-6-9(3)11(7-19)15-14(20)13-16-12(17-18-13)10-4-5-10/h8-11H,4-7H2,1-3H3,(H,15,20)(H,16,17,18)/t9-,11+/m0/s1. The summed E-state index contributed by atoms with van der Waals surface area (Å²) in [4.78, 5) is 18.9. The number of nitrogens with zero attached hydrogens (tertiary/aromatic N) is 3. The maximum absolute atomic E-state index is 12.2. The van der Waals surface area contributed by atoms with Gasteiger partial charge in [-0.15, -0.1) is 5.10 Å². The number of aromatic nitrogens is 3. The van der Waals surface area contributed by atoms with Crippen molar-refractivity contribution in [2.24, 2.45) is 5.92 Å². The molecule has 2 fully saturated rings. The molecule has 0 spiro atoms. The molecule has 0 bridgehead atoms.